The Balaban J connectivity index is 0.000000247. The first-order valence-corrected chi connectivity index (χ1v) is 21.7. The molecule has 0 aliphatic carbocycles. The number of hydrogen-bond acceptors (Lipinski definition) is 8. The average molecular weight is 998 g/mol. The molecule has 0 atom stereocenters. The fourth-order valence-electron chi connectivity index (χ4n) is 5.37. The molecular weight excluding hydrogens is 970 g/mol. The maximum atomic E-state index is 12.9. The molecule has 0 spiro atoms. The smallest absolute Gasteiger partial charge is 0.416 e. The van der Waals surface area contributed by atoms with Crippen LogP contribution in [0.4, 0.5) is 49.1 Å². The molecule has 6 aromatic carbocycles. The summed E-state index contributed by atoms with van der Waals surface area (Å²) in [6, 6.07) is 24.3. The fourth-order valence-corrected chi connectivity index (χ4v) is 8.05. The van der Waals surface area contributed by atoms with Crippen molar-refractivity contribution in [2.45, 2.75) is 22.1 Å². The lowest BCUT2D eigenvalue weighted by Crippen LogP contribution is -2.16. The van der Waals surface area contributed by atoms with Crippen molar-refractivity contribution in [3.05, 3.63) is 177 Å². The minimum Gasteiger partial charge on any atom is -0.478 e. The van der Waals surface area contributed by atoms with Crippen LogP contribution in [0.15, 0.2) is 143 Å². The number of alkyl halides is 6. The molecule has 0 unspecified atom stereocenters. The topological polar surface area (TPSA) is 225 Å². The van der Waals surface area contributed by atoms with E-state index in [0.717, 1.165) is 48.5 Å². The Morgan fingerprint density at radius 1 is 0.455 bits per heavy atom. The highest BCUT2D eigenvalue weighted by atomic mass is 35.5. The summed E-state index contributed by atoms with van der Waals surface area (Å²) >= 11 is 12.0. The molecule has 66 heavy (non-hydrogen) atoms. The highest BCUT2D eigenvalue weighted by Gasteiger charge is 2.33. The summed E-state index contributed by atoms with van der Waals surface area (Å²) in [7, 11) is -8.91. The summed E-state index contributed by atoms with van der Waals surface area (Å²) in [5, 5.41) is 22.7. The number of halogens is 8. The van der Waals surface area contributed by atoms with Gasteiger partial charge in [0.1, 0.15) is 0 Å². The minimum atomic E-state index is -4.73. The molecule has 0 aliphatic heterocycles. The van der Waals surface area contributed by atoms with Crippen molar-refractivity contribution in [3.8, 4) is 0 Å². The highest BCUT2D eigenvalue weighted by Crippen LogP contribution is 2.34. The quantitative estimate of drug-likeness (QED) is 0.0636. The summed E-state index contributed by atoms with van der Waals surface area (Å²) in [6.45, 7) is 0. The molecule has 0 bridgehead atoms. The van der Waals surface area contributed by atoms with Gasteiger partial charge in [0, 0.05) is 22.5 Å². The van der Waals surface area contributed by atoms with Crippen molar-refractivity contribution in [2.24, 2.45) is 0 Å². The average Bonchev–Trinajstić information content (AvgIpc) is 3.25. The molecule has 24 heteroatoms. The lowest BCUT2D eigenvalue weighted by Gasteiger charge is -2.13. The number of carboxylic acid groups (broad SMARTS) is 2. The zero-order chi connectivity index (χ0) is 48.8. The molecule has 0 aromatic heterocycles. The van der Waals surface area contributed by atoms with Crippen LogP contribution in [-0.2, 0) is 32.4 Å². The highest BCUT2D eigenvalue weighted by molar-refractivity contribution is 7.93. The molecule has 0 saturated carbocycles. The molecule has 0 aliphatic rings. The number of nitrogens with one attached hydrogen (secondary N) is 4. The number of sulfonamides is 2. The third kappa shape index (κ3) is 13.0. The SMILES string of the molecule is O=C(O)c1ccc(NC(=O)c2ccc(Cl)c(NS(=O)(=O)c3cccc(C(F)(F)F)c3)c2)cc1.O=C(O)c1ccc(NC(=O)c2ccc(Cl)c(NS(=O)(=O)c3cccc(C(F)(F)F)c3)c2)cc1. The summed E-state index contributed by atoms with van der Waals surface area (Å²) in [6.07, 6.45) is -9.46. The first-order chi connectivity index (χ1) is 30.7. The van der Waals surface area contributed by atoms with Crippen molar-refractivity contribution in [1.82, 2.24) is 0 Å². The molecule has 6 rings (SSSR count). The second-order valence-corrected chi connectivity index (χ2v) is 17.5. The second-order valence-electron chi connectivity index (χ2n) is 13.3. The van der Waals surface area contributed by atoms with E-state index in [1.165, 1.54) is 72.8 Å². The van der Waals surface area contributed by atoms with E-state index < -0.39 is 77.1 Å². The van der Waals surface area contributed by atoms with E-state index in [1.807, 2.05) is 0 Å². The van der Waals surface area contributed by atoms with Crippen molar-refractivity contribution in [2.75, 3.05) is 20.1 Å². The number of rotatable bonds is 12. The maximum absolute atomic E-state index is 12.9. The summed E-state index contributed by atoms with van der Waals surface area (Å²) in [5.41, 5.74) is -2.14. The van der Waals surface area contributed by atoms with Gasteiger partial charge in [0.2, 0.25) is 0 Å². The number of carbonyl (C=O) groups excluding carboxylic acids is 2. The van der Waals surface area contributed by atoms with Crippen LogP contribution in [0.5, 0.6) is 0 Å². The van der Waals surface area contributed by atoms with Crippen LogP contribution in [0.25, 0.3) is 0 Å². The van der Waals surface area contributed by atoms with E-state index in [2.05, 4.69) is 20.1 Å². The number of anilines is 4. The number of aromatic carboxylic acids is 2. The van der Waals surface area contributed by atoms with Gasteiger partial charge in [-0.3, -0.25) is 19.0 Å². The van der Waals surface area contributed by atoms with Gasteiger partial charge in [-0.15, -0.1) is 0 Å². The van der Waals surface area contributed by atoms with E-state index >= 15 is 0 Å². The van der Waals surface area contributed by atoms with Crippen molar-refractivity contribution in [3.63, 3.8) is 0 Å². The number of hydrogen-bond donors (Lipinski definition) is 6. The number of carbonyl (C=O) groups is 4. The van der Waals surface area contributed by atoms with E-state index in [1.54, 1.807) is 0 Å². The molecule has 344 valence electrons. The zero-order valence-electron chi connectivity index (χ0n) is 32.7. The molecule has 0 radical (unpaired) electrons. The van der Waals surface area contributed by atoms with Crippen molar-refractivity contribution < 1.29 is 72.6 Å². The van der Waals surface area contributed by atoms with Gasteiger partial charge < -0.3 is 20.8 Å². The van der Waals surface area contributed by atoms with Gasteiger partial charge in [-0.25, -0.2) is 26.4 Å². The van der Waals surface area contributed by atoms with Crippen LogP contribution in [0, 0.1) is 0 Å². The van der Waals surface area contributed by atoms with Gasteiger partial charge in [-0.2, -0.15) is 26.3 Å². The van der Waals surface area contributed by atoms with Gasteiger partial charge in [0.05, 0.1) is 53.5 Å². The monoisotopic (exact) mass is 996 g/mol. The van der Waals surface area contributed by atoms with Crippen LogP contribution in [0.2, 0.25) is 10.0 Å². The molecule has 6 aromatic rings. The van der Waals surface area contributed by atoms with Gasteiger partial charge in [0.25, 0.3) is 31.9 Å². The van der Waals surface area contributed by atoms with Crippen molar-refractivity contribution in [1.29, 1.82) is 0 Å². The first kappa shape index (κ1) is 49.9. The number of amides is 2. The zero-order valence-corrected chi connectivity index (χ0v) is 35.8. The third-order valence-electron chi connectivity index (χ3n) is 8.67. The van der Waals surface area contributed by atoms with E-state index in [4.69, 9.17) is 33.4 Å². The molecular formula is C42H28Cl2F6N4O10S2. The van der Waals surface area contributed by atoms with Crippen LogP contribution in [-0.4, -0.2) is 50.8 Å². The second kappa shape index (κ2) is 19.9. The standard InChI is InChI=1S/2C21H14ClF3N2O5S/c2*22-17-9-6-13(19(28)26-15-7-4-12(5-8-15)20(29)30)10-18(17)27-33(31,32)16-3-1-2-14(11-16)21(23,24)25/h2*1-11,27H,(H,26,28)(H,29,30). The summed E-state index contributed by atoms with van der Waals surface area (Å²) < 4.78 is 132. The Labute approximate surface area is 379 Å². The molecule has 0 saturated heterocycles. The maximum Gasteiger partial charge on any atom is 0.416 e. The summed E-state index contributed by atoms with van der Waals surface area (Å²) in [5.74, 6) is -3.59. The Morgan fingerprint density at radius 3 is 1.08 bits per heavy atom. The van der Waals surface area contributed by atoms with Crippen LogP contribution < -0.4 is 20.1 Å². The first-order valence-electron chi connectivity index (χ1n) is 18.0. The van der Waals surface area contributed by atoms with Crippen LogP contribution >= 0.6 is 23.2 Å². The van der Waals surface area contributed by atoms with Crippen LogP contribution in [0.1, 0.15) is 52.6 Å². The Kier molecular flexibility index (Phi) is 15.1. The predicted molar refractivity (Wildman–Crippen MR) is 230 cm³/mol. The third-order valence-corrected chi connectivity index (χ3v) is 12.1. The van der Waals surface area contributed by atoms with Gasteiger partial charge >= 0.3 is 24.3 Å². The van der Waals surface area contributed by atoms with Crippen molar-refractivity contribution >= 4 is 89.8 Å². The summed E-state index contributed by atoms with van der Waals surface area (Å²) in [4.78, 5) is 45.5. The predicted octanol–water partition coefficient (Wildman–Crippen LogP) is 10.2. The van der Waals surface area contributed by atoms with E-state index in [9.17, 15) is 62.4 Å². The number of carboxylic acids is 2. The Hall–Kier alpha value is -7.14. The van der Waals surface area contributed by atoms with Gasteiger partial charge in [0.15, 0.2) is 0 Å². The molecule has 14 nitrogen and oxygen atoms in total. The normalized spacial score (nSPS) is 11.6. The van der Waals surface area contributed by atoms with Gasteiger partial charge in [-0.1, -0.05) is 35.3 Å². The lowest BCUT2D eigenvalue weighted by atomic mass is 10.1. The number of benzene rings is 6. The van der Waals surface area contributed by atoms with E-state index in [-0.39, 0.29) is 55.0 Å². The minimum absolute atomic E-state index is 0.0107. The van der Waals surface area contributed by atoms with Gasteiger partial charge in [-0.05, 0) is 121 Å². The molecule has 2 amide bonds. The Morgan fingerprint density at radius 2 is 0.773 bits per heavy atom. The Bertz CT molecular complexity index is 2860. The lowest BCUT2D eigenvalue weighted by molar-refractivity contribution is -0.138. The van der Waals surface area contributed by atoms with Crippen LogP contribution in [0.3, 0.4) is 0 Å². The molecule has 0 heterocycles. The van der Waals surface area contributed by atoms with E-state index in [0.29, 0.717) is 12.1 Å². The largest absolute Gasteiger partial charge is 0.478 e. The molecule has 6 N–H and O–H groups in total. The molecule has 0 fully saturated rings. The fraction of sp³-hybridized carbons (Fsp3) is 0.0476.